The lowest BCUT2D eigenvalue weighted by Crippen LogP contribution is -2.19. The highest BCUT2D eigenvalue weighted by Crippen LogP contribution is 2.49. The van der Waals surface area contributed by atoms with Gasteiger partial charge in [0.05, 0.1) is 0 Å². The molecule has 2 heteroatoms. The van der Waals surface area contributed by atoms with Gasteiger partial charge in [0.15, 0.2) is 0 Å². The van der Waals surface area contributed by atoms with Gasteiger partial charge in [-0.25, -0.2) is 0 Å². The van der Waals surface area contributed by atoms with E-state index in [0.29, 0.717) is 0 Å². The molecule has 72 heavy (non-hydrogen) atoms. The zero-order valence-electron chi connectivity index (χ0n) is 42.1. The van der Waals surface area contributed by atoms with Crippen LogP contribution < -0.4 is 9.80 Å². The minimum Gasteiger partial charge on any atom is -0.310 e. The van der Waals surface area contributed by atoms with E-state index in [9.17, 15) is 0 Å². The second-order valence-corrected chi connectivity index (χ2v) is 20.4. The third-order valence-electron chi connectivity index (χ3n) is 15.0. The van der Waals surface area contributed by atoms with Crippen molar-refractivity contribution >= 4 is 55.7 Å². The number of benzene rings is 11. The van der Waals surface area contributed by atoms with Crippen LogP contribution in [0.1, 0.15) is 61.1 Å². The van der Waals surface area contributed by atoms with Crippen molar-refractivity contribution in [3.63, 3.8) is 0 Å². The molecule has 0 fully saturated rings. The number of hydrogen-bond donors (Lipinski definition) is 0. The molecule has 0 aliphatic heterocycles. The third kappa shape index (κ3) is 8.64. The molecule has 0 unspecified atom stereocenters. The molecule has 0 aliphatic carbocycles. The van der Waals surface area contributed by atoms with Crippen LogP contribution >= 0.6 is 0 Å². The topological polar surface area (TPSA) is 6.48 Å². The molecule has 0 radical (unpaired) electrons. The van der Waals surface area contributed by atoms with E-state index in [1.54, 1.807) is 0 Å². The maximum absolute atomic E-state index is 2.43. The molecule has 0 bridgehead atoms. The van der Waals surface area contributed by atoms with Crippen molar-refractivity contribution in [2.75, 3.05) is 9.80 Å². The standard InChI is InChI=1S/C70H60N2/c1-49-27-35-57(36-28-49)71(59-39-31-55(32-40-59)69(3,4)53-23-15-9-16-24-53)61-43-45-63-65(47-61)67(51-19-11-7-12-20-51)64-46-44-62(48-66(64)68(63)52-21-13-8-14-22-52)72(58-37-29-50(2)30-38-58)60-41-33-56(34-42-60)70(5,6)54-25-17-10-18-26-54/h7-48H,1-6H3. The fourth-order valence-electron chi connectivity index (χ4n) is 10.7. The minimum absolute atomic E-state index is 0.154. The van der Waals surface area contributed by atoms with E-state index in [2.05, 4.69) is 306 Å². The van der Waals surface area contributed by atoms with Crippen molar-refractivity contribution in [3.05, 3.63) is 288 Å². The summed E-state index contributed by atoms with van der Waals surface area (Å²) in [6.07, 6.45) is 0. The lowest BCUT2D eigenvalue weighted by atomic mass is 9.78. The van der Waals surface area contributed by atoms with Crippen LogP contribution in [0.25, 0.3) is 43.8 Å². The fraction of sp³-hybridized carbons (Fsp3) is 0.114. The van der Waals surface area contributed by atoms with Gasteiger partial charge in [-0.2, -0.15) is 0 Å². The number of anilines is 6. The van der Waals surface area contributed by atoms with Crippen LogP contribution in [-0.2, 0) is 10.8 Å². The molecule has 0 atom stereocenters. The maximum Gasteiger partial charge on any atom is 0.0468 e. The molecule has 0 saturated heterocycles. The first kappa shape index (κ1) is 46.0. The molecular formula is C70H60N2. The molecule has 0 aliphatic rings. The summed E-state index contributed by atoms with van der Waals surface area (Å²) in [6, 6.07) is 94.0. The van der Waals surface area contributed by atoms with Gasteiger partial charge in [-0.3, -0.25) is 0 Å². The summed E-state index contributed by atoms with van der Waals surface area (Å²) in [4.78, 5) is 4.82. The van der Waals surface area contributed by atoms with Crippen LogP contribution in [0.3, 0.4) is 0 Å². The summed E-state index contributed by atoms with van der Waals surface area (Å²) in [6.45, 7) is 13.6. The lowest BCUT2D eigenvalue weighted by molar-refractivity contribution is 0.641. The highest BCUT2D eigenvalue weighted by Gasteiger charge is 2.27. The van der Waals surface area contributed by atoms with Gasteiger partial charge in [-0.15, -0.1) is 0 Å². The number of nitrogens with zero attached hydrogens (tertiary/aromatic N) is 2. The first-order valence-electron chi connectivity index (χ1n) is 25.2. The first-order valence-corrected chi connectivity index (χ1v) is 25.2. The smallest absolute Gasteiger partial charge is 0.0468 e. The van der Waals surface area contributed by atoms with Crippen LogP contribution in [-0.4, -0.2) is 0 Å². The molecule has 350 valence electrons. The van der Waals surface area contributed by atoms with E-state index in [1.165, 1.54) is 77.2 Å². The number of fused-ring (bicyclic) bond motifs is 2. The van der Waals surface area contributed by atoms with Gasteiger partial charge >= 0.3 is 0 Å². The van der Waals surface area contributed by atoms with Crippen LogP contribution in [0.15, 0.2) is 255 Å². The Hall–Kier alpha value is -8.46. The van der Waals surface area contributed by atoms with Crippen molar-refractivity contribution < 1.29 is 0 Å². The third-order valence-corrected chi connectivity index (χ3v) is 15.0. The van der Waals surface area contributed by atoms with Crippen LogP contribution in [0.2, 0.25) is 0 Å². The molecule has 2 nitrogen and oxygen atoms in total. The van der Waals surface area contributed by atoms with Gasteiger partial charge in [-0.05, 0) is 153 Å². The molecule has 11 aromatic rings. The van der Waals surface area contributed by atoms with Gasteiger partial charge in [0.25, 0.3) is 0 Å². The highest BCUT2D eigenvalue weighted by molar-refractivity contribution is 6.22. The first-order chi connectivity index (χ1) is 35.0. The molecule has 11 rings (SSSR count). The highest BCUT2D eigenvalue weighted by atomic mass is 15.1. The van der Waals surface area contributed by atoms with Gasteiger partial charge in [0.1, 0.15) is 0 Å². The average Bonchev–Trinajstić information content (AvgIpc) is 3.42. The number of aryl methyl sites for hydroxylation is 2. The number of hydrogen-bond acceptors (Lipinski definition) is 2. The van der Waals surface area contributed by atoms with E-state index in [0.717, 1.165) is 34.1 Å². The van der Waals surface area contributed by atoms with Crippen molar-refractivity contribution in [1.29, 1.82) is 0 Å². The largest absolute Gasteiger partial charge is 0.310 e. The predicted octanol–water partition coefficient (Wildman–Crippen LogP) is 19.5. The van der Waals surface area contributed by atoms with E-state index < -0.39 is 0 Å². The van der Waals surface area contributed by atoms with Crippen molar-refractivity contribution in [3.8, 4) is 22.3 Å². The SMILES string of the molecule is Cc1ccc(N(c2ccc(C(C)(C)c3ccccc3)cc2)c2ccc3c(-c4ccccc4)c4cc(N(c5ccc(C)cc5)c5ccc(C(C)(C)c6ccccc6)cc5)ccc4c(-c4ccccc4)c3c2)cc1. The van der Waals surface area contributed by atoms with Gasteiger partial charge in [-0.1, -0.05) is 221 Å². The molecule has 0 spiro atoms. The Morgan fingerprint density at radius 3 is 0.833 bits per heavy atom. The van der Waals surface area contributed by atoms with Gasteiger partial charge < -0.3 is 9.80 Å². The monoisotopic (exact) mass is 928 g/mol. The summed E-state index contributed by atoms with van der Waals surface area (Å²) >= 11 is 0. The van der Waals surface area contributed by atoms with E-state index in [1.807, 2.05) is 0 Å². The molecule has 0 aromatic heterocycles. The van der Waals surface area contributed by atoms with Crippen LogP contribution in [0.5, 0.6) is 0 Å². The predicted molar refractivity (Wildman–Crippen MR) is 308 cm³/mol. The Kier molecular flexibility index (Phi) is 12.2. The summed E-state index contributed by atoms with van der Waals surface area (Å²) in [5.74, 6) is 0. The minimum atomic E-state index is -0.154. The number of rotatable bonds is 12. The Morgan fingerprint density at radius 1 is 0.250 bits per heavy atom. The Balaban J connectivity index is 1.12. The Bertz CT molecular complexity index is 3390. The maximum atomic E-state index is 2.43. The quantitative estimate of drug-likeness (QED) is 0.113. The fourth-order valence-corrected chi connectivity index (χ4v) is 10.7. The lowest BCUT2D eigenvalue weighted by Gasteiger charge is -2.30. The summed E-state index contributed by atoms with van der Waals surface area (Å²) in [7, 11) is 0. The van der Waals surface area contributed by atoms with Crippen molar-refractivity contribution in [2.24, 2.45) is 0 Å². The average molecular weight is 929 g/mol. The van der Waals surface area contributed by atoms with E-state index >= 15 is 0 Å². The molecule has 0 amide bonds. The van der Waals surface area contributed by atoms with Crippen LogP contribution in [0, 0.1) is 13.8 Å². The Labute approximate surface area is 426 Å². The Morgan fingerprint density at radius 2 is 0.514 bits per heavy atom. The normalized spacial score (nSPS) is 11.8. The summed E-state index contributed by atoms with van der Waals surface area (Å²) in [5, 5.41) is 4.80. The zero-order chi connectivity index (χ0) is 49.4. The zero-order valence-corrected chi connectivity index (χ0v) is 42.1. The second kappa shape index (κ2) is 19.0. The summed E-state index contributed by atoms with van der Waals surface area (Å²) in [5.41, 5.74) is 18.7. The second-order valence-electron chi connectivity index (χ2n) is 20.4. The van der Waals surface area contributed by atoms with Gasteiger partial charge in [0, 0.05) is 45.0 Å². The van der Waals surface area contributed by atoms with Gasteiger partial charge in [0.2, 0.25) is 0 Å². The molecular weight excluding hydrogens is 869 g/mol. The summed E-state index contributed by atoms with van der Waals surface area (Å²) < 4.78 is 0. The molecule has 0 N–H and O–H groups in total. The van der Waals surface area contributed by atoms with Crippen molar-refractivity contribution in [1.82, 2.24) is 0 Å². The molecule has 0 saturated carbocycles. The molecule has 11 aromatic carbocycles. The van der Waals surface area contributed by atoms with Crippen LogP contribution in [0.4, 0.5) is 34.1 Å². The van der Waals surface area contributed by atoms with E-state index in [-0.39, 0.29) is 10.8 Å². The van der Waals surface area contributed by atoms with E-state index in [4.69, 9.17) is 0 Å². The van der Waals surface area contributed by atoms with Crippen molar-refractivity contribution in [2.45, 2.75) is 52.4 Å². The molecule has 0 heterocycles.